The summed E-state index contributed by atoms with van der Waals surface area (Å²) in [5.74, 6) is 1.88. The van der Waals surface area contributed by atoms with Crippen LogP contribution in [-0.4, -0.2) is 0 Å². The molecule has 4 rings (SSSR count). The summed E-state index contributed by atoms with van der Waals surface area (Å²) < 4.78 is 0. The molecule has 0 radical (unpaired) electrons. The fourth-order valence-electron chi connectivity index (χ4n) is 4.77. The third-order valence-electron chi connectivity index (χ3n) is 6.60. The van der Waals surface area contributed by atoms with Gasteiger partial charge in [0.1, 0.15) is 0 Å². The topological polar surface area (TPSA) is 23.8 Å². The monoisotopic (exact) mass is 379 g/mol. The molecule has 0 spiro atoms. The molecule has 0 bridgehead atoms. The van der Waals surface area contributed by atoms with Gasteiger partial charge in [0.05, 0.1) is 11.6 Å². The van der Waals surface area contributed by atoms with Crippen LogP contribution in [0.25, 0.3) is 0 Å². The molecule has 1 aliphatic carbocycles. The number of hydrogen-bond donors (Lipinski definition) is 0. The molecule has 0 N–H and O–H groups in total. The van der Waals surface area contributed by atoms with Gasteiger partial charge >= 0.3 is 0 Å². The highest BCUT2D eigenvalue weighted by Crippen LogP contribution is 2.40. The molecule has 0 unspecified atom stereocenters. The van der Waals surface area contributed by atoms with E-state index in [0.717, 1.165) is 12.0 Å². The van der Waals surface area contributed by atoms with Crippen LogP contribution in [0.2, 0.25) is 0 Å². The van der Waals surface area contributed by atoms with Gasteiger partial charge in [-0.1, -0.05) is 73.7 Å². The molecule has 1 fully saturated rings. The Morgan fingerprint density at radius 1 is 0.759 bits per heavy atom. The van der Waals surface area contributed by atoms with E-state index >= 15 is 0 Å². The number of nitriles is 1. The molecule has 3 aromatic rings. The first-order valence-corrected chi connectivity index (χ1v) is 10.9. The van der Waals surface area contributed by atoms with Gasteiger partial charge in [-0.25, -0.2) is 0 Å². The van der Waals surface area contributed by atoms with Crippen LogP contribution in [-0.2, 0) is 6.42 Å². The van der Waals surface area contributed by atoms with Gasteiger partial charge in [0, 0.05) is 0 Å². The first-order chi connectivity index (χ1) is 14.2. The lowest BCUT2D eigenvalue weighted by atomic mass is 9.76. The molecule has 3 aromatic carbocycles. The van der Waals surface area contributed by atoms with E-state index in [2.05, 4.69) is 79.7 Å². The zero-order chi connectivity index (χ0) is 20.1. The molecule has 1 nitrogen and oxygen atoms in total. The predicted octanol–water partition coefficient (Wildman–Crippen LogP) is 7.35. The van der Waals surface area contributed by atoms with Crippen LogP contribution in [0.1, 0.15) is 78.2 Å². The summed E-state index contributed by atoms with van der Waals surface area (Å²) in [5, 5.41) is 8.98. The Bertz CT molecular complexity index is 940. The van der Waals surface area contributed by atoms with Crippen molar-refractivity contribution >= 4 is 0 Å². The number of nitrogens with zero attached hydrogens (tertiary/aromatic N) is 1. The molecule has 0 saturated heterocycles. The summed E-state index contributed by atoms with van der Waals surface area (Å²) >= 11 is 0. The quantitative estimate of drug-likeness (QED) is 0.455. The van der Waals surface area contributed by atoms with Gasteiger partial charge < -0.3 is 0 Å². The van der Waals surface area contributed by atoms with Crippen molar-refractivity contribution in [3.05, 3.63) is 107 Å². The van der Waals surface area contributed by atoms with Crippen molar-refractivity contribution < 1.29 is 0 Å². The van der Waals surface area contributed by atoms with E-state index < -0.39 is 0 Å². The van der Waals surface area contributed by atoms with Crippen molar-refractivity contribution in [1.82, 2.24) is 0 Å². The van der Waals surface area contributed by atoms with Gasteiger partial charge in [-0.2, -0.15) is 5.26 Å². The second kappa shape index (κ2) is 9.10. The van der Waals surface area contributed by atoms with Gasteiger partial charge in [0.15, 0.2) is 0 Å². The Balaban J connectivity index is 1.33. The summed E-state index contributed by atoms with van der Waals surface area (Å²) in [5.41, 5.74) is 6.49. The van der Waals surface area contributed by atoms with E-state index in [9.17, 15) is 0 Å². The Labute approximate surface area is 175 Å². The van der Waals surface area contributed by atoms with Crippen LogP contribution in [0, 0.1) is 11.3 Å². The Morgan fingerprint density at radius 3 is 1.79 bits per heavy atom. The SMILES string of the molecule is C[C@@H](Cc1ccc(C2CCC(c3ccc(C#N)cc3)CC2)cc1)c1ccccc1. The normalized spacial score (nSPS) is 20.0. The maximum absolute atomic E-state index is 8.98. The second-order valence-electron chi connectivity index (χ2n) is 8.54. The molecule has 0 amide bonds. The van der Waals surface area contributed by atoms with Crippen LogP contribution in [0.5, 0.6) is 0 Å². The third kappa shape index (κ3) is 4.77. The minimum atomic E-state index is 0.546. The summed E-state index contributed by atoms with van der Waals surface area (Å²) in [6.45, 7) is 2.31. The third-order valence-corrected chi connectivity index (χ3v) is 6.60. The van der Waals surface area contributed by atoms with Gasteiger partial charge in [-0.3, -0.25) is 0 Å². The standard InChI is InChI=1S/C28H29N/c1-21(24-5-3-2-4-6-24)19-22-7-11-25(12-8-22)27-15-17-28(18-16-27)26-13-9-23(20-29)10-14-26/h2-14,21,27-28H,15-19H2,1H3/t21-,27?,28?/m0/s1. The summed E-state index contributed by atoms with van der Waals surface area (Å²) in [6.07, 6.45) is 6.08. The molecular formula is C28H29N. The van der Waals surface area contributed by atoms with Gasteiger partial charge in [0.2, 0.25) is 0 Å². The van der Waals surface area contributed by atoms with Crippen molar-refractivity contribution in [1.29, 1.82) is 5.26 Å². The van der Waals surface area contributed by atoms with E-state index in [0.29, 0.717) is 17.8 Å². The Kier molecular flexibility index (Phi) is 6.11. The van der Waals surface area contributed by atoms with E-state index in [-0.39, 0.29) is 0 Å². The highest BCUT2D eigenvalue weighted by molar-refractivity contribution is 5.34. The molecule has 29 heavy (non-hydrogen) atoms. The van der Waals surface area contributed by atoms with Gasteiger partial charge in [0.25, 0.3) is 0 Å². The number of hydrogen-bond acceptors (Lipinski definition) is 1. The van der Waals surface area contributed by atoms with Crippen LogP contribution < -0.4 is 0 Å². The van der Waals surface area contributed by atoms with Crippen LogP contribution in [0.4, 0.5) is 0 Å². The fraction of sp³-hybridized carbons (Fsp3) is 0.321. The molecule has 1 aliphatic rings. The average Bonchev–Trinajstić information content (AvgIpc) is 2.80. The molecule has 0 heterocycles. The average molecular weight is 380 g/mol. The fourth-order valence-corrected chi connectivity index (χ4v) is 4.77. The van der Waals surface area contributed by atoms with Crippen molar-refractivity contribution in [2.45, 2.75) is 56.8 Å². The van der Waals surface area contributed by atoms with E-state index in [1.807, 2.05) is 12.1 Å². The minimum Gasteiger partial charge on any atom is -0.192 e. The molecule has 1 saturated carbocycles. The zero-order valence-electron chi connectivity index (χ0n) is 17.2. The van der Waals surface area contributed by atoms with Gasteiger partial charge in [-0.05, 0) is 84.2 Å². The first kappa shape index (κ1) is 19.5. The largest absolute Gasteiger partial charge is 0.192 e. The van der Waals surface area contributed by atoms with E-state index in [4.69, 9.17) is 5.26 Å². The zero-order valence-corrected chi connectivity index (χ0v) is 17.2. The molecule has 1 heteroatoms. The molecule has 146 valence electrons. The van der Waals surface area contributed by atoms with Crippen molar-refractivity contribution in [2.24, 2.45) is 0 Å². The maximum Gasteiger partial charge on any atom is 0.0991 e. The highest BCUT2D eigenvalue weighted by atomic mass is 14.3. The number of rotatable bonds is 5. The lowest BCUT2D eigenvalue weighted by molar-refractivity contribution is 0.396. The molecule has 0 aromatic heterocycles. The summed E-state index contributed by atoms with van der Waals surface area (Å²) in [7, 11) is 0. The molecule has 0 aliphatic heterocycles. The van der Waals surface area contributed by atoms with Crippen LogP contribution in [0.3, 0.4) is 0 Å². The summed E-state index contributed by atoms with van der Waals surface area (Å²) in [4.78, 5) is 0. The highest BCUT2D eigenvalue weighted by Gasteiger charge is 2.23. The summed E-state index contributed by atoms with van der Waals surface area (Å²) in [6, 6.07) is 30.6. The smallest absolute Gasteiger partial charge is 0.0991 e. The Morgan fingerprint density at radius 2 is 1.28 bits per heavy atom. The van der Waals surface area contributed by atoms with Crippen LogP contribution in [0.15, 0.2) is 78.9 Å². The van der Waals surface area contributed by atoms with Crippen molar-refractivity contribution in [3.8, 4) is 6.07 Å². The van der Waals surface area contributed by atoms with E-state index in [1.165, 1.54) is 47.9 Å². The maximum atomic E-state index is 8.98. The van der Waals surface area contributed by atoms with Crippen molar-refractivity contribution in [2.75, 3.05) is 0 Å². The van der Waals surface area contributed by atoms with E-state index in [1.54, 1.807) is 0 Å². The molecular weight excluding hydrogens is 350 g/mol. The lowest BCUT2D eigenvalue weighted by Crippen LogP contribution is -2.12. The predicted molar refractivity (Wildman–Crippen MR) is 120 cm³/mol. The first-order valence-electron chi connectivity index (χ1n) is 10.9. The molecule has 1 atom stereocenters. The lowest BCUT2D eigenvalue weighted by Gasteiger charge is -2.29. The van der Waals surface area contributed by atoms with Crippen molar-refractivity contribution in [3.63, 3.8) is 0 Å². The van der Waals surface area contributed by atoms with Gasteiger partial charge in [-0.15, -0.1) is 0 Å². The number of benzene rings is 3. The van der Waals surface area contributed by atoms with Crippen LogP contribution >= 0.6 is 0 Å². The Hall–Kier alpha value is -2.85. The minimum absolute atomic E-state index is 0.546. The second-order valence-corrected chi connectivity index (χ2v) is 8.54.